The van der Waals surface area contributed by atoms with E-state index in [1.807, 2.05) is 0 Å². The Hall–Kier alpha value is -1.82. The van der Waals surface area contributed by atoms with Gasteiger partial charge in [0.25, 0.3) is 0 Å². The standard InChI is InChI=1S/C13H18N2O4/c1-8-11(13(17)18-2)5-10(19-8)7-15-12(16)9-3-4-14-6-9/h5,9,14H,3-4,6-7H2,1-2H3,(H,15,16). The van der Waals surface area contributed by atoms with Gasteiger partial charge in [0.15, 0.2) is 0 Å². The molecule has 0 aliphatic carbocycles. The van der Waals surface area contributed by atoms with E-state index in [-0.39, 0.29) is 18.4 Å². The molecule has 1 saturated heterocycles. The van der Waals surface area contributed by atoms with Gasteiger partial charge in [0.1, 0.15) is 17.1 Å². The number of ether oxygens (including phenoxy) is 1. The summed E-state index contributed by atoms with van der Waals surface area (Å²) in [7, 11) is 1.32. The number of methoxy groups -OCH3 is 1. The summed E-state index contributed by atoms with van der Waals surface area (Å²) >= 11 is 0. The molecule has 1 amide bonds. The van der Waals surface area contributed by atoms with Crippen molar-refractivity contribution in [1.82, 2.24) is 10.6 Å². The topological polar surface area (TPSA) is 80.6 Å². The van der Waals surface area contributed by atoms with Crippen LogP contribution in [-0.4, -0.2) is 32.1 Å². The van der Waals surface area contributed by atoms with Crippen molar-refractivity contribution in [3.63, 3.8) is 0 Å². The molecule has 0 aromatic carbocycles. The van der Waals surface area contributed by atoms with E-state index in [1.165, 1.54) is 7.11 Å². The van der Waals surface area contributed by atoms with Crippen LogP contribution in [0.5, 0.6) is 0 Å². The molecule has 0 bridgehead atoms. The summed E-state index contributed by atoms with van der Waals surface area (Å²) in [5.74, 6) is 0.657. The first-order valence-corrected chi connectivity index (χ1v) is 6.28. The minimum atomic E-state index is -0.432. The van der Waals surface area contributed by atoms with E-state index >= 15 is 0 Å². The van der Waals surface area contributed by atoms with Crippen molar-refractivity contribution in [1.29, 1.82) is 0 Å². The quantitative estimate of drug-likeness (QED) is 0.780. The number of amides is 1. The van der Waals surface area contributed by atoms with Crippen LogP contribution in [0.4, 0.5) is 0 Å². The first kappa shape index (κ1) is 13.6. The van der Waals surface area contributed by atoms with E-state index in [0.29, 0.717) is 17.1 Å². The van der Waals surface area contributed by atoms with Gasteiger partial charge in [-0.15, -0.1) is 0 Å². The maximum Gasteiger partial charge on any atom is 0.341 e. The number of hydrogen-bond donors (Lipinski definition) is 2. The molecule has 1 aliphatic rings. The second-order valence-electron chi connectivity index (χ2n) is 4.58. The van der Waals surface area contributed by atoms with Crippen molar-refractivity contribution in [2.45, 2.75) is 19.9 Å². The molecule has 1 aromatic heterocycles. The zero-order chi connectivity index (χ0) is 13.8. The maximum atomic E-state index is 11.8. The number of esters is 1. The molecule has 1 fully saturated rings. The van der Waals surface area contributed by atoms with Crippen LogP contribution in [-0.2, 0) is 16.1 Å². The molecular formula is C13H18N2O4. The lowest BCUT2D eigenvalue weighted by atomic mass is 10.1. The fraction of sp³-hybridized carbons (Fsp3) is 0.538. The SMILES string of the molecule is COC(=O)c1cc(CNC(=O)C2CCNC2)oc1C. The molecule has 6 nitrogen and oxygen atoms in total. The third kappa shape index (κ3) is 3.14. The zero-order valence-electron chi connectivity index (χ0n) is 11.1. The molecule has 1 unspecified atom stereocenters. The molecule has 0 radical (unpaired) electrons. The fourth-order valence-electron chi connectivity index (χ4n) is 2.14. The molecule has 2 heterocycles. The van der Waals surface area contributed by atoms with E-state index in [4.69, 9.17) is 4.42 Å². The van der Waals surface area contributed by atoms with Crippen LogP contribution in [0.2, 0.25) is 0 Å². The second kappa shape index (κ2) is 5.88. The van der Waals surface area contributed by atoms with E-state index in [1.54, 1.807) is 13.0 Å². The summed E-state index contributed by atoms with van der Waals surface area (Å²) in [6, 6.07) is 1.61. The predicted octanol–water partition coefficient (Wildman–Crippen LogP) is 0.600. The minimum Gasteiger partial charge on any atom is -0.465 e. The lowest BCUT2D eigenvalue weighted by Gasteiger charge is -2.08. The highest BCUT2D eigenvalue weighted by molar-refractivity contribution is 5.90. The van der Waals surface area contributed by atoms with Crippen molar-refractivity contribution in [3.05, 3.63) is 23.2 Å². The Morgan fingerprint density at radius 2 is 2.37 bits per heavy atom. The van der Waals surface area contributed by atoms with Crippen LogP contribution in [0.1, 0.15) is 28.3 Å². The van der Waals surface area contributed by atoms with Gasteiger partial charge in [-0.05, 0) is 26.0 Å². The first-order chi connectivity index (χ1) is 9.11. The Labute approximate surface area is 111 Å². The normalized spacial score (nSPS) is 18.3. The van der Waals surface area contributed by atoms with Gasteiger partial charge < -0.3 is 19.8 Å². The van der Waals surface area contributed by atoms with Crippen molar-refractivity contribution >= 4 is 11.9 Å². The highest BCUT2D eigenvalue weighted by Gasteiger charge is 2.22. The highest BCUT2D eigenvalue weighted by atomic mass is 16.5. The van der Waals surface area contributed by atoms with Crippen LogP contribution in [0.3, 0.4) is 0 Å². The lowest BCUT2D eigenvalue weighted by Crippen LogP contribution is -2.31. The molecule has 1 aromatic rings. The molecule has 6 heteroatoms. The number of furan rings is 1. The minimum absolute atomic E-state index is 0.0127. The molecule has 19 heavy (non-hydrogen) atoms. The third-order valence-corrected chi connectivity index (χ3v) is 3.24. The monoisotopic (exact) mass is 266 g/mol. The summed E-state index contributed by atoms with van der Waals surface area (Å²) in [5.41, 5.74) is 0.397. The maximum absolute atomic E-state index is 11.8. The number of hydrogen-bond acceptors (Lipinski definition) is 5. The molecule has 1 atom stereocenters. The zero-order valence-corrected chi connectivity index (χ0v) is 11.1. The van der Waals surface area contributed by atoms with Crippen LogP contribution in [0.15, 0.2) is 10.5 Å². The van der Waals surface area contributed by atoms with Gasteiger partial charge in [0.2, 0.25) is 5.91 Å². The van der Waals surface area contributed by atoms with Gasteiger partial charge in [-0.3, -0.25) is 4.79 Å². The van der Waals surface area contributed by atoms with Crippen molar-refractivity contribution in [2.75, 3.05) is 20.2 Å². The van der Waals surface area contributed by atoms with Crippen LogP contribution >= 0.6 is 0 Å². The van der Waals surface area contributed by atoms with Crippen LogP contribution in [0, 0.1) is 12.8 Å². The largest absolute Gasteiger partial charge is 0.465 e. The van der Waals surface area contributed by atoms with Crippen molar-refractivity contribution in [2.24, 2.45) is 5.92 Å². The van der Waals surface area contributed by atoms with E-state index < -0.39 is 5.97 Å². The molecule has 1 aliphatic heterocycles. The average Bonchev–Trinajstić information content (AvgIpc) is 3.04. The average molecular weight is 266 g/mol. The summed E-state index contributed by atoms with van der Waals surface area (Å²) in [5, 5.41) is 5.96. The van der Waals surface area contributed by atoms with Gasteiger partial charge in [-0.1, -0.05) is 0 Å². The molecule has 2 rings (SSSR count). The molecule has 0 spiro atoms. The lowest BCUT2D eigenvalue weighted by molar-refractivity contribution is -0.124. The van der Waals surface area contributed by atoms with Gasteiger partial charge in [0.05, 0.1) is 19.6 Å². The predicted molar refractivity (Wildman–Crippen MR) is 67.6 cm³/mol. The van der Waals surface area contributed by atoms with Gasteiger partial charge >= 0.3 is 5.97 Å². The van der Waals surface area contributed by atoms with Gasteiger partial charge in [-0.25, -0.2) is 4.79 Å². The van der Waals surface area contributed by atoms with Crippen molar-refractivity contribution in [3.8, 4) is 0 Å². The first-order valence-electron chi connectivity index (χ1n) is 6.28. The molecular weight excluding hydrogens is 248 g/mol. The Bertz CT molecular complexity index is 475. The molecule has 2 N–H and O–H groups in total. The number of rotatable bonds is 4. The summed E-state index contributed by atoms with van der Waals surface area (Å²) in [6.07, 6.45) is 0.858. The molecule has 104 valence electrons. The van der Waals surface area contributed by atoms with Crippen LogP contribution < -0.4 is 10.6 Å². The number of carbonyl (C=O) groups is 2. The summed E-state index contributed by atoms with van der Waals surface area (Å²) in [6.45, 7) is 3.58. The number of carbonyl (C=O) groups excluding carboxylic acids is 2. The highest BCUT2D eigenvalue weighted by Crippen LogP contribution is 2.16. The molecule has 0 saturated carbocycles. The third-order valence-electron chi connectivity index (χ3n) is 3.24. The van der Waals surface area contributed by atoms with E-state index in [2.05, 4.69) is 15.4 Å². The van der Waals surface area contributed by atoms with E-state index in [0.717, 1.165) is 19.5 Å². The Morgan fingerprint density at radius 1 is 1.58 bits per heavy atom. The number of nitrogens with one attached hydrogen (secondary N) is 2. The Balaban J connectivity index is 1.92. The smallest absolute Gasteiger partial charge is 0.341 e. The number of aryl methyl sites for hydroxylation is 1. The summed E-state index contributed by atoms with van der Waals surface area (Å²) in [4.78, 5) is 23.2. The Kier molecular flexibility index (Phi) is 4.21. The second-order valence-corrected chi connectivity index (χ2v) is 4.58. The van der Waals surface area contributed by atoms with E-state index in [9.17, 15) is 9.59 Å². The van der Waals surface area contributed by atoms with Gasteiger partial charge in [-0.2, -0.15) is 0 Å². The fourth-order valence-corrected chi connectivity index (χ4v) is 2.14. The van der Waals surface area contributed by atoms with Crippen molar-refractivity contribution < 1.29 is 18.7 Å². The Morgan fingerprint density at radius 3 is 3.00 bits per heavy atom. The van der Waals surface area contributed by atoms with Crippen LogP contribution in [0.25, 0.3) is 0 Å². The summed E-state index contributed by atoms with van der Waals surface area (Å²) < 4.78 is 10.1. The van der Waals surface area contributed by atoms with Gasteiger partial charge in [0, 0.05) is 6.54 Å².